The maximum Gasteiger partial charge on any atom is 0.225 e. The lowest BCUT2D eigenvalue weighted by molar-refractivity contribution is -0.132. The minimum absolute atomic E-state index is 0.0730. The van der Waals surface area contributed by atoms with Crippen molar-refractivity contribution in [2.75, 3.05) is 44.2 Å². The van der Waals surface area contributed by atoms with Crippen LogP contribution in [0.3, 0.4) is 0 Å². The van der Waals surface area contributed by atoms with Crippen LogP contribution in [0.1, 0.15) is 56.9 Å². The zero-order valence-electron chi connectivity index (χ0n) is 18.2. The first-order valence-corrected chi connectivity index (χ1v) is 12.3. The van der Waals surface area contributed by atoms with Gasteiger partial charge in [0.1, 0.15) is 11.4 Å². The van der Waals surface area contributed by atoms with Gasteiger partial charge in [-0.05, 0) is 75.1 Å². The molecule has 0 bridgehead atoms. The summed E-state index contributed by atoms with van der Waals surface area (Å²) in [6, 6.07) is 7.66. The highest BCUT2D eigenvalue weighted by Crippen LogP contribution is 2.42. The number of nitrogens with zero attached hydrogens (tertiary/aromatic N) is 3. The van der Waals surface area contributed by atoms with Crippen LogP contribution in [-0.4, -0.2) is 66.6 Å². The molecule has 3 heterocycles. The fourth-order valence-corrected chi connectivity index (χ4v) is 5.88. The summed E-state index contributed by atoms with van der Waals surface area (Å²) >= 11 is 0. The zero-order chi connectivity index (χ0) is 20.1. The minimum Gasteiger partial charge on any atom is -0.487 e. The molecule has 2 saturated heterocycles. The van der Waals surface area contributed by atoms with Gasteiger partial charge in [-0.2, -0.15) is 0 Å². The van der Waals surface area contributed by atoms with Crippen molar-refractivity contribution < 1.29 is 9.53 Å². The maximum absolute atomic E-state index is 12.3. The van der Waals surface area contributed by atoms with Crippen LogP contribution in [0, 0.1) is 5.92 Å². The number of benzene rings is 1. The number of fused-ring (bicyclic) bond motifs is 1. The van der Waals surface area contributed by atoms with E-state index in [4.69, 9.17) is 4.74 Å². The van der Waals surface area contributed by atoms with Crippen LogP contribution in [0.5, 0.6) is 5.75 Å². The summed E-state index contributed by atoms with van der Waals surface area (Å²) in [6.07, 6.45) is 11.1. The Bertz CT molecular complexity index is 801. The lowest BCUT2D eigenvalue weighted by Crippen LogP contribution is -2.53. The van der Waals surface area contributed by atoms with Gasteiger partial charge in [-0.1, -0.05) is 6.42 Å². The van der Waals surface area contributed by atoms with Crippen LogP contribution >= 0.6 is 0 Å². The van der Waals surface area contributed by atoms with Crippen LogP contribution in [0.25, 0.3) is 0 Å². The fourth-order valence-electron chi connectivity index (χ4n) is 5.88. The minimum atomic E-state index is 0.0730. The van der Waals surface area contributed by atoms with Gasteiger partial charge in [0, 0.05) is 56.9 Å². The van der Waals surface area contributed by atoms with E-state index in [0.717, 1.165) is 63.7 Å². The summed E-state index contributed by atoms with van der Waals surface area (Å²) in [5, 5.41) is 0. The van der Waals surface area contributed by atoms with Crippen molar-refractivity contribution >= 4 is 11.6 Å². The lowest BCUT2D eigenvalue weighted by Gasteiger charge is -2.48. The van der Waals surface area contributed by atoms with Crippen molar-refractivity contribution in [1.82, 2.24) is 9.80 Å². The molecule has 0 atom stereocenters. The molecule has 30 heavy (non-hydrogen) atoms. The van der Waals surface area contributed by atoms with E-state index < -0.39 is 0 Å². The second-order valence-electron chi connectivity index (χ2n) is 10.3. The molecule has 1 spiro atoms. The Labute approximate surface area is 180 Å². The van der Waals surface area contributed by atoms with Gasteiger partial charge in [-0.25, -0.2) is 0 Å². The molecule has 1 aromatic carbocycles. The molecule has 5 heteroatoms. The molecular formula is C25H35N3O2. The monoisotopic (exact) mass is 409 g/mol. The molecule has 2 saturated carbocycles. The smallest absolute Gasteiger partial charge is 0.225 e. The summed E-state index contributed by atoms with van der Waals surface area (Å²) in [5.74, 6) is 1.84. The molecule has 162 valence electrons. The summed E-state index contributed by atoms with van der Waals surface area (Å²) in [4.78, 5) is 19.5. The van der Waals surface area contributed by atoms with Crippen molar-refractivity contribution in [2.45, 2.75) is 69.4 Å². The van der Waals surface area contributed by atoms with E-state index in [2.05, 4.69) is 32.9 Å². The summed E-state index contributed by atoms with van der Waals surface area (Å²) < 4.78 is 6.67. The number of anilines is 1. The van der Waals surface area contributed by atoms with Crippen molar-refractivity contribution in [3.05, 3.63) is 23.8 Å². The molecule has 0 N–H and O–H groups in total. The van der Waals surface area contributed by atoms with E-state index in [-0.39, 0.29) is 5.60 Å². The topological polar surface area (TPSA) is 36.0 Å². The molecule has 3 aliphatic heterocycles. The number of piperidine rings is 1. The largest absolute Gasteiger partial charge is 0.487 e. The Morgan fingerprint density at radius 1 is 0.933 bits per heavy atom. The van der Waals surface area contributed by atoms with Crippen LogP contribution in [-0.2, 0) is 11.2 Å². The normalized spacial score (nSPS) is 26.8. The van der Waals surface area contributed by atoms with Gasteiger partial charge in [0.2, 0.25) is 5.91 Å². The Morgan fingerprint density at radius 2 is 1.70 bits per heavy atom. The molecule has 4 fully saturated rings. The number of amides is 1. The Kier molecular flexibility index (Phi) is 4.70. The zero-order valence-corrected chi connectivity index (χ0v) is 18.2. The second-order valence-corrected chi connectivity index (χ2v) is 10.3. The number of hydrogen-bond donors (Lipinski definition) is 0. The quantitative estimate of drug-likeness (QED) is 0.766. The third-order valence-electron chi connectivity index (χ3n) is 8.40. The number of hydrogen-bond acceptors (Lipinski definition) is 4. The van der Waals surface area contributed by atoms with Crippen molar-refractivity contribution in [2.24, 2.45) is 5.92 Å². The van der Waals surface area contributed by atoms with Gasteiger partial charge in [-0.3, -0.25) is 4.79 Å². The Balaban J connectivity index is 1.08. The van der Waals surface area contributed by atoms with Gasteiger partial charge < -0.3 is 19.4 Å². The molecule has 0 unspecified atom stereocenters. The van der Waals surface area contributed by atoms with Crippen LogP contribution < -0.4 is 9.64 Å². The molecule has 1 amide bonds. The van der Waals surface area contributed by atoms with Crippen molar-refractivity contribution in [3.63, 3.8) is 0 Å². The number of carbonyl (C=O) groups excluding carboxylic acids is 1. The van der Waals surface area contributed by atoms with E-state index in [9.17, 15) is 4.79 Å². The van der Waals surface area contributed by atoms with E-state index in [1.54, 1.807) is 0 Å². The SMILES string of the molecule is O=C(C1CC1)N1CCN(c2ccc3c(c2)CCC2(CCN(C4CCC4)CC2)O3)CC1. The van der Waals surface area contributed by atoms with Gasteiger partial charge in [0.05, 0.1) is 0 Å². The standard InChI is InChI=1S/C25H35N3O2/c29-24(19-4-5-19)28-16-14-27(15-17-28)22-6-7-23-20(18-22)8-9-25(30-23)10-12-26(13-11-25)21-2-1-3-21/h6-7,18-19,21H,1-5,8-17H2. The van der Waals surface area contributed by atoms with E-state index >= 15 is 0 Å². The average molecular weight is 410 g/mol. The Morgan fingerprint density at radius 3 is 2.37 bits per heavy atom. The molecule has 0 aromatic heterocycles. The van der Waals surface area contributed by atoms with Gasteiger partial charge in [0.25, 0.3) is 0 Å². The van der Waals surface area contributed by atoms with Crippen LogP contribution in [0.4, 0.5) is 5.69 Å². The van der Waals surface area contributed by atoms with Crippen molar-refractivity contribution in [1.29, 1.82) is 0 Å². The molecule has 5 nitrogen and oxygen atoms in total. The predicted molar refractivity (Wildman–Crippen MR) is 118 cm³/mol. The maximum atomic E-state index is 12.3. The van der Waals surface area contributed by atoms with Crippen LogP contribution in [0.15, 0.2) is 18.2 Å². The molecule has 1 aromatic rings. The summed E-state index contributed by atoms with van der Waals surface area (Å²) in [7, 11) is 0. The fraction of sp³-hybridized carbons (Fsp3) is 0.720. The highest BCUT2D eigenvalue weighted by Gasteiger charge is 2.41. The lowest BCUT2D eigenvalue weighted by atomic mass is 9.81. The first-order valence-electron chi connectivity index (χ1n) is 12.3. The number of ether oxygens (including phenoxy) is 1. The predicted octanol–water partition coefficient (Wildman–Crippen LogP) is 3.46. The summed E-state index contributed by atoms with van der Waals surface area (Å²) in [5.41, 5.74) is 2.74. The third kappa shape index (κ3) is 3.49. The number of aryl methyl sites for hydroxylation is 1. The molecule has 6 rings (SSSR count). The molecular weight excluding hydrogens is 374 g/mol. The van der Waals surface area contributed by atoms with Crippen LogP contribution in [0.2, 0.25) is 0 Å². The van der Waals surface area contributed by atoms with E-state index in [0.29, 0.717) is 11.8 Å². The highest BCUT2D eigenvalue weighted by molar-refractivity contribution is 5.81. The number of piperazine rings is 1. The molecule has 2 aliphatic carbocycles. The summed E-state index contributed by atoms with van der Waals surface area (Å²) in [6.45, 7) is 6.04. The highest BCUT2D eigenvalue weighted by atomic mass is 16.5. The van der Waals surface area contributed by atoms with E-state index in [1.807, 2.05) is 0 Å². The number of rotatable bonds is 3. The first-order chi connectivity index (χ1) is 14.7. The van der Waals surface area contributed by atoms with Gasteiger partial charge in [-0.15, -0.1) is 0 Å². The van der Waals surface area contributed by atoms with E-state index in [1.165, 1.54) is 56.4 Å². The van der Waals surface area contributed by atoms with Crippen molar-refractivity contribution in [3.8, 4) is 5.75 Å². The van der Waals surface area contributed by atoms with Gasteiger partial charge >= 0.3 is 0 Å². The first kappa shape index (κ1) is 19.0. The van der Waals surface area contributed by atoms with Gasteiger partial charge in [0.15, 0.2) is 0 Å². The number of likely N-dealkylation sites (tertiary alicyclic amines) is 1. The number of carbonyl (C=O) groups is 1. The third-order valence-corrected chi connectivity index (χ3v) is 8.40. The Hall–Kier alpha value is -1.75. The second kappa shape index (κ2) is 7.44. The molecule has 5 aliphatic rings. The average Bonchev–Trinajstić information content (AvgIpc) is 3.59. The molecule has 0 radical (unpaired) electrons.